The third-order valence-electron chi connectivity index (χ3n) is 9.10. The number of rotatable bonds is 24. The highest BCUT2D eigenvalue weighted by atomic mass is 16.4. The van der Waals surface area contributed by atoms with Gasteiger partial charge >= 0.3 is 7.12 Å². The van der Waals surface area contributed by atoms with E-state index in [0.29, 0.717) is 24.9 Å². The first-order chi connectivity index (χ1) is 24.2. The van der Waals surface area contributed by atoms with Crippen molar-refractivity contribution in [2.45, 2.75) is 109 Å². The van der Waals surface area contributed by atoms with Gasteiger partial charge in [0.2, 0.25) is 11.8 Å². The number of aryl methyl sites for hydroxylation is 1. The second-order valence-corrected chi connectivity index (χ2v) is 13.6. The number of ketones is 3. The van der Waals surface area contributed by atoms with Crippen LogP contribution < -0.4 is 16.4 Å². The summed E-state index contributed by atoms with van der Waals surface area (Å²) in [5.41, 5.74) is 9.11. The molecule has 8 N–H and O–H groups in total. The average Bonchev–Trinajstić information content (AvgIpc) is 3.11. The van der Waals surface area contributed by atoms with E-state index in [9.17, 15) is 44.2 Å². The monoisotopic (exact) mass is 709 g/mol. The van der Waals surface area contributed by atoms with Gasteiger partial charge in [0.15, 0.2) is 17.3 Å². The first-order valence-corrected chi connectivity index (χ1v) is 18.0. The minimum absolute atomic E-state index is 0.178. The van der Waals surface area contributed by atoms with Crippen LogP contribution in [0.25, 0.3) is 11.1 Å². The molecule has 51 heavy (non-hydrogen) atoms. The van der Waals surface area contributed by atoms with Crippen LogP contribution in [0.15, 0.2) is 48.5 Å². The summed E-state index contributed by atoms with van der Waals surface area (Å²) in [7, 11) is -1.70. The first-order valence-electron chi connectivity index (χ1n) is 18.0. The van der Waals surface area contributed by atoms with Gasteiger partial charge < -0.3 is 36.6 Å². The zero-order valence-electron chi connectivity index (χ0n) is 30.3. The van der Waals surface area contributed by atoms with Crippen LogP contribution in [0.4, 0.5) is 0 Å². The standard InChI is InChI=1S/C38H56BN3O9/c1-5-6-9-27-11-13-28(14-12-27)29-15-17-30(18-16-29)33(45)22-31(23-43)38(49)42-36(26(4)44)35(47)20-24(2)37(48)41-32(10-7-8-19-40)34(46)21-25(3)39(50)51/h11-18,24-26,31-32,36,43-44,50-51H,5-10,19-23,40H2,1-4H3,(H,41,48)(H,42,49)/t24-,25-,26-,31+,32+,36+/m1/s1. The van der Waals surface area contributed by atoms with E-state index in [-0.39, 0.29) is 37.2 Å². The average molecular weight is 710 g/mol. The smallest absolute Gasteiger partial charge is 0.427 e. The molecule has 6 atom stereocenters. The van der Waals surface area contributed by atoms with Crippen molar-refractivity contribution >= 4 is 36.3 Å². The van der Waals surface area contributed by atoms with Crippen LogP contribution in [0, 0.1) is 11.8 Å². The van der Waals surface area contributed by atoms with Crippen LogP contribution >= 0.6 is 0 Å². The molecule has 0 heterocycles. The largest absolute Gasteiger partial charge is 0.454 e. The fraction of sp³-hybridized carbons (Fsp3) is 0.553. The van der Waals surface area contributed by atoms with E-state index < -0.39 is 67.2 Å². The minimum atomic E-state index is -1.70. The molecule has 13 heteroatoms. The molecule has 0 saturated carbocycles. The lowest BCUT2D eigenvalue weighted by atomic mass is 9.71. The van der Waals surface area contributed by atoms with E-state index in [0.717, 1.165) is 30.4 Å². The topological polar surface area (TPSA) is 216 Å². The second kappa shape index (κ2) is 22.2. The number of benzene rings is 2. The predicted octanol–water partition coefficient (Wildman–Crippen LogP) is 2.77. The molecule has 0 radical (unpaired) electrons. The Hall–Kier alpha value is -3.75. The van der Waals surface area contributed by atoms with Gasteiger partial charge in [0.25, 0.3) is 0 Å². The summed E-state index contributed by atoms with van der Waals surface area (Å²) in [4.78, 5) is 65.4. The number of hydrogen-bond donors (Lipinski definition) is 7. The summed E-state index contributed by atoms with van der Waals surface area (Å²) in [6.07, 6.45) is 2.46. The molecule has 0 aliphatic carbocycles. The number of aliphatic hydroxyl groups excluding tert-OH is 2. The molecular formula is C38H56BN3O9. The Kier molecular flexibility index (Phi) is 18.9. The predicted molar refractivity (Wildman–Crippen MR) is 196 cm³/mol. The summed E-state index contributed by atoms with van der Waals surface area (Å²) >= 11 is 0. The van der Waals surface area contributed by atoms with Crippen molar-refractivity contribution < 1.29 is 44.2 Å². The number of aliphatic hydroxyl groups is 2. The molecule has 2 amide bonds. The molecule has 0 aromatic heterocycles. The van der Waals surface area contributed by atoms with Crippen LogP contribution in [0.1, 0.15) is 95.0 Å². The fourth-order valence-electron chi connectivity index (χ4n) is 5.62. The van der Waals surface area contributed by atoms with E-state index in [1.165, 1.54) is 26.3 Å². The Bertz CT molecular complexity index is 1420. The third-order valence-corrected chi connectivity index (χ3v) is 9.10. The Labute approximate surface area is 301 Å². The van der Waals surface area contributed by atoms with E-state index >= 15 is 0 Å². The van der Waals surface area contributed by atoms with E-state index in [2.05, 4.69) is 29.7 Å². The lowest BCUT2D eigenvalue weighted by Crippen LogP contribution is -2.51. The van der Waals surface area contributed by atoms with Crippen molar-refractivity contribution in [3.8, 4) is 11.1 Å². The number of unbranched alkanes of at least 4 members (excludes halogenated alkanes) is 2. The lowest BCUT2D eigenvalue weighted by Gasteiger charge is -2.25. The van der Waals surface area contributed by atoms with Crippen molar-refractivity contribution in [1.29, 1.82) is 0 Å². The number of nitrogens with two attached hydrogens (primary N) is 1. The van der Waals surface area contributed by atoms with Gasteiger partial charge in [-0.1, -0.05) is 75.7 Å². The summed E-state index contributed by atoms with van der Waals surface area (Å²) < 4.78 is 0. The summed E-state index contributed by atoms with van der Waals surface area (Å²) in [6.45, 7) is 6.14. The third kappa shape index (κ3) is 14.4. The van der Waals surface area contributed by atoms with Gasteiger partial charge in [0, 0.05) is 30.7 Å². The Morgan fingerprint density at radius 1 is 0.784 bits per heavy atom. The van der Waals surface area contributed by atoms with Gasteiger partial charge in [-0.05, 0) is 68.1 Å². The van der Waals surface area contributed by atoms with Crippen LogP contribution in [0.2, 0.25) is 5.82 Å². The minimum Gasteiger partial charge on any atom is -0.427 e. The van der Waals surface area contributed by atoms with Crippen molar-refractivity contribution in [2.24, 2.45) is 17.6 Å². The summed E-state index contributed by atoms with van der Waals surface area (Å²) in [6, 6.07) is 12.9. The van der Waals surface area contributed by atoms with Crippen molar-refractivity contribution in [3.63, 3.8) is 0 Å². The number of hydrogen-bond acceptors (Lipinski definition) is 10. The molecule has 2 rings (SSSR count). The first kappa shape index (κ1) is 43.4. The van der Waals surface area contributed by atoms with Crippen molar-refractivity contribution in [2.75, 3.05) is 13.2 Å². The number of Topliss-reactive ketones (excluding diaryl/α,β-unsaturated/α-hetero) is 3. The van der Waals surface area contributed by atoms with Gasteiger partial charge in [0.1, 0.15) is 6.04 Å². The van der Waals surface area contributed by atoms with E-state index in [4.69, 9.17) is 5.73 Å². The van der Waals surface area contributed by atoms with Gasteiger partial charge in [0.05, 0.1) is 24.7 Å². The zero-order chi connectivity index (χ0) is 38.1. The molecule has 2 aromatic rings. The van der Waals surface area contributed by atoms with Gasteiger partial charge in [-0.15, -0.1) is 0 Å². The number of carbonyl (C=O) groups is 5. The maximum atomic E-state index is 13.2. The van der Waals surface area contributed by atoms with Crippen LogP contribution in [0.5, 0.6) is 0 Å². The fourth-order valence-corrected chi connectivity index (χ4v) is 5.62. The number of carbonyl (C=O) groups excluding carboxylic acids is 5. The van der Waals surface area contributed by atoms with Gasteiger partial charge in [-0.25, -0.2) is 0 Å². The van der Waals surface area contributed by atoms with E-state index in [1.54, 1.807) is 12.1 Å². The SMILES string of the molecule is CCCCc1ccc(-c2ccc(C(=O)C[C@@H](CO)C(=O)N[C@H](C(=O)C[C@@H](C)C(=O)N[C@@H](CCCCN)C(=O)C[C@@H](C)B(O)O)[C@@H](C)O)cc2)cc1. The lowest BCUT2D eigenvalue weighted by molar-refractivity contribution is -0.135. The van der Waals surface area contributed by atoms with Crippen molar-refractivity contribution in [1.82, 2.24) is 10.6 Å². The second-order valence-electron chi connectivity index (χ2n) is 13.6. The van der Waals surface area contributed by atoms with Gasteiger partial charge in [-0.3, -0.25) is 24.0 Å². The Morgan fingerprint density at radius 3 is 1.92 bits per heavy atom. The molecule has 0 bridgehead atoms. The molecule has 0 saturated heterocycles. The number of amides is 2. The van der Waals surface area contributed by atoms with Crippen LogP contribution in [-0.4, -0.2) is 87.9 Å². The van der Waals surface area contributed by atoms with Gasteiger partial charge in [-0.2, -0.15) is 0 Å². The van der Waals surface area contributed by atoms with Crippen molar-refractivity contribution in [3.05, 3.63) is 59.7 Å². The highest BCUT2D eigenvalue weighted by Gasteiger charge is 2.33. The molecule has 2 aromatic carbocycles. The molecule has 280 valence electrons. The highest BCUT2D eigenvalue weighted by molar-refractivity contribution is 6.43. The molecule has 0 unspecified atom stereocenters. The molecule has 12 nitrogen and oxygen atoms in total. The Balaban J connectivity index is 2.02. The van der Waals surface area contributed by atoms with E-state index in [1.807, 2.05) is 24.3 Å². The summed E-state index contributed by atoms with van der Waals surface area (Å²) in [5.74, 6) is -5.70. The van der Waals surface area contributed by atoms with Crippen LogP contribution in [-0.2, 0) is 25.6 Å². The maximum Gasteiger partial charge on any atom is 0.454 e. The maximum absolute atomic E-state index is 13.2. The summed E-state index contributed by atoms with van der Waals surface area (Å²) in [5, 5.41) is 44.2. The number of nitrogens with one attached hydrogen (secondary N) is 2. The molecular weight excluding hydrogens is 653 g/mol. The molecule has 0 fully saturated rings. The normalized spacial score (nSPS) is 14.8. The highest BCUT2D eigenvalue weighted by Crippen LogP contribution is 2.23. The quantitative estimate of drug-likeness (QED) is 0.0481. The zero-order valence-corrected chi connectivity index (χ0v) is 30.3. The molecule has 0 spiro atoms. The molecule has 0 aliphatic heterocycles. The van der Waals surface area contributed by atoms with Crippen LogP contribution in [0.3, 0.4) is 0 Å². The Morgan fingerprint density at radius 2 is 1.39 bits per heavy atom. The molecule has 0 aliphatic rings.